The third-order valence-corrected chi connectivity index (χ3v) is 9.76. The van der Waals surface area contributed by atoms with E-state index in [1.165, 1.54) is 31.2 Å². The summed E-state index contributed by atoms with van der Waals surface area (Å²) in [5.41, 5.74) is -0.346. The first-order valence-electron chi connectivity index (χ1n) is 10.4. The number of benzene rings is 2. The van der Waals surface area contributed by atoms with Crippen LogP contribution in [0.3, 0.4) is 0 Å². The molecule has 10 heteroatoms. The van der Waals surface area contributed by atoms with Crippen molar-refractivity contribution < 1.29 is 34.7 Å². The van der Waals surface area contributed by atoms with Crippen molar-refractivity contribution >= 4 is 19.7 Å². The van der Waals surface area contributed by atoms with Crippen molar-refractivity contribution in [2.75, 3.05) is 6.26 Å². The lowest BCUT2D eigenvalue weighted by Crippen LogP contribution is -2.47. The molecule has 0 radical (unpaired) electrons. The highest BCUT2D eigenvalue weighted by Gasteiger charge is 2.49. The van der Waals surface area contributed by atoms with Gasteiger partial charge in [-0.15, -0.1) is 0 Å². The Bertz CT molecular complexity index is 1240. The molecule has 3 atom stereocenters. The largest absolute Gasteiger partial charge is 0.370 e. The number of alkyl halides is 2. The normalized spacial score (nSPS) is 24.4. The average molecular weight is 505 g/mol. The maximum atomic E-state index is 14.9. The van der Waals surface area contributed by atoms with E-state index in [0.717, 1.165) is 24.5 Å². The molecular formula is C23H27F3O5S2. The summed E-state index contributed by atoms with van der Waals surface area (Å²) in [5.74, 6) is -0.917. The van der Waals surface area contributed by atoms with Crippen molar-refractivity contribution in [3.8, 4) is 0 Å². The molecule has 3 unspecified atom stereocenters. The number of hydrogen-bond donors (Lipinski definition) is 0. The zero-order valence-electron chi connectivity index (χ0n) is 18.8. The second kappa shape index (κ2) is 9.03. The molecule has 5 nitrogen and oxygen atoms in total. The van der Waals surface area contributed by atoms with Crippen LogP contribution in [0.15, 0.2) is 52.3 Å². The molecule has 182 valence electrons. The predicted molar refractivity (Wildman–Crippen MR) is 118 cm³/mol. The first-order valence-corrected chi connectivity index (χ1v) is 13.8. The molecule has 0 aliphatic carbocycles. The molecule has 0 aromatic heterocycles. The van der Waals surface area contributed by atoms with E-state index in [4.69, 9.17) is 4.74 Å². The number of rotatable bonds is 6. The molecule has 0 amide bonds. The van der Waals surface area contributed by atoms with Crippen molar-refractivity contribution in [2.45, 2.75) is 66.8 Å². The van der Waals surface area contributed by atoms with Crippen LogP contribution < -0.4 is 0 Å². The summed E-state index contributed by atoms with van der Waals surface area (Å²) in [6.45, 7) is 5.21. The maximum Gasteiger partial charge on any atom is 0.263 e. The Hall–Kier alpha value is -1.91. The lowest BCUT2D eigenvalue weighted by molar-refractivity contribution is -0.0853. The fraction of sp³-hybridized carbons (Fsp3) is 0.478. The van der Waals surface area contributed by atoms with Gasteiger partial charge in [0.05, 0.1) is 26.7 Å². The molecule has 2 aromatic rings. The Morgan fingerprint density at radius 2 is 1.67 bits per heavy atom. The van der Waals surface area contributed by atoms with E-state index in [9.17, 15) is 30.0 Å². The van der Waals surface area contributed by atoms with Crippen LogP contribution in [0.25, 0.3) is 0 Å². The standard InChI is InChI=1S/C23H27F3O5S2/c1-14(2)20-12-23(3,33(29,30)17-7-5-6-15(10-17)22(25)26)13-21(31-20)18-9-8-16(11-19(18)24)32(4,27)28/h5-11,14,20-22H,12-13H2,1-4H3. The Morgan fingerprint density at radius 3 is 2.21 bits per heavy atom. The van der Waals surface area contributed by atoms with Gasteiger partial charge in [0.15, 0.2) is 19.7 Å². The van der Waals surface area contributed by atoms with Gasteiger partial charge in [0.25, 0.3) is 6.43 Å². The maximum absolute atomic E-state index is 14.9. The van der Waals surface area contributed by atoms with Crippen LogP contribution in [-0.4, -0.2) is 33.9 Å². The van der Waals surface area contributed by atoms with Crippen LogP contribution in [0.2, 0.25) is 0 Å². The highest BCUT2D eigenvalue weighted by Crippen LogP contribution is 2.46. The van der Waals surface area contributed by atoms with Gasteiger partial charge in [0.2, 0.25) is 0 Å². The van der Waals surface area contributed by atoms with E-state index in [2.05, 4.69) is 0 Å². The van der Waals surface area contributed by atoms with Gasteiger partial charge in [-0.25, -0.2) is 30.0 Å². The minimum absolute atomic E-state index is 0.0514. The molecule has 3 rings (SSSR count). The number of ether oxygens (including phenoxy) is 1. The summed E-state index contributed by atoms with van der Waals surface area (Å²) in [6.07, 6.45) is -3.38. The third kappa shape index (κ3) is 5.12. The number of sulfone groups is 2. The van der Waals surface area contributed by atoms with Crippen molar-refractivity contribution in [3.05, 3.63) is 59.4 Å². The first kappa shape index (κ1) is 25.7. The molecule has 33 heavy (non-hydrogen) atoms. The van der Waals surface area contributed by atoms with Gasteiger partial charge < -0.3 is 4.74 Å². The molecule has 0 spiro atoms. The molecule has 1 fully saturated rings. The van der Waals surface area contributed by atoms with Gasteiger partial charge in [-0.3, -0.25) is 0 Å². The van der Waals surface area contributed by atoms with Crippen molar-refractivity contribution in [2.24, 2.45) is 5.92 Å². The SMILES string of the molecule is CC(C)C1CC(C)(S(=O)(=O)c2cccc(C(F)F)c2)CC(c2ccc(S(C)(=O)=O)cc2F)O1. The van der Waals surface area contributed by atoms with Crippen molar-refractivity contribution in [1.29, 1.82) is 0 Å². The summed E-state index contributed by atoms with van der Waals surface area (Å²) < 4.78 is 96.7. The van der Waals surface area contributed by atoms with Gasteiger partial charge in [-0.2, -0.15) is 0 Å². The van der Waals surface area contributed by atoms with E-state index in [-0.39, 0.29) is 34.1 Å². The van der Waals surface area contributed by atoms with Crippen LogP contribution in [0.1, 0.15) is 57.3 Å². The smallest absolute Gasteiger partial charge is 0.263 e. The minimum Gasteiger partial charge on any atom is -0.370 e. The first-order chi connectivity index (χ1) is 15.2. The van der Waals surface area contributed by atoms with Crippen molar-refractivity contribution in [3.63, 3.8) is 0 Å². The summed E-state index contributed by atoms with van der Waals surface area (Å²) in [6, 6.07) is 8.14. The van der Waals surface area contributed by atoms with E-state index < -0.39 is 54.4 Å². The summed E-state index contributed by atoms with van der Waals surface area (Å²) in [4.78, 5) is -0.419. The zero-order chi connectivity index (χ0) is 24.8. The van der Waals surface area contributed by atoms with Gasteiger partial charge in [0.1, 0.15) is 5.82 Å². The number of halogens is 3. The zero-order valence-corrected chi connectivity index (χ0v) is 20.4. The average Bonchev–Trinajstić information content (AvgIpc) is 2.72. The lowest BCUT2D eigenvalue weighted by atomic mass is 9.85. The topological polar surface area (TPSA) is 77.5 Å². The molecule has 0 bridgehead atoms. The predicted octanol–water partition coefficient (Wildman–Crippen LogP) is 5.28. The second-order valence-corrected chi connectivity index (χ2v) is 13.6. The molecule has 1 heterocycles. The van der Waals surface area contributed by atoms with Gasteiger partial charge in [0, 0.05) is 17.4 Å². The minimum atomic E-state index is -4.10. The van der Waals surface area contributed by atoms with Crippen LogP contribution in [0.5, 0.6) is 0 Å². The molecule has 1 aliphatic rings. The number of hydrogen-bond acceptors (Lipinski definition) is 5. The van der Waals surface area contributed by atoms with E-state index >= 15 is 0 Å². The van der Waals surface area contributed by atoms with Crippen LogP contribution >= 0.6 is 0 Å². The van der Waals surface area contributed by atoms with E-state index in [1.54, 1.807) is 0 Å². The van der Waals surface area contributed by atoms with Crippen LogP contribution in [0, 0.1) is 11.7 Å². The highest BCUT2D eigenvalue weighted by molar-refractivity contribution is 7.92. The Balaban J connectivity index is 2.07. The Kier molecular flexibility index (Phi) is 7.04. The van der Waals surface area contributed by atoms with Crippen molar-refractivity contribution in [1.82, 2.24) is 0 Å². The molecule has 0 N–H and O–H groups in total. The third-order valence-electron chi connectivity index (χ3n) is 6.15. The van der Waals surface area contributed by atoms with Crippen LogP contribution in [0.4, 0.5) is 13.2 Å². The fourth-order valence-electron chi connectivity index (χ4n) is 4.11. The fourth-order valence-corrected chi connectivity index (χ4v) is 6.61. The molecular weight excluding hydrogens is 477 g/mol. The summed E-state index contributed by atoms with van der Waals surface area (Å²) >= 11 is 0. The highest BCUT2D eigenvalue weighted by atomic mass is 32.2. The molecule has 0 saturated carbocycles. The quantitative estimate of drug-likeness (QED) is 0.535. The van der Waals surface area contributed by atoms with Gasteiger partial charge in [-0.1, -0.05) is 32.0 Å². The Labute approximate surface area is 192 Å². The summed E-state index contributed by atoms with van der Waals surface area (Å²) in [5, 5.41) is 0. The van der Waals surface area contributed by atoms with E-state index in [1.807, 2.05) is 13.8 Å². The monoisotopic (exact) mass is 504 g/mol. The molecule has 2 aromatic carbocycles. The van der Waals surface area contributed by atoms with Gasteiger partial charge >= 0.3 is 0 Å². The molecule has 1 aliphatic heterocycles. The molecule has 1 saturated heterocycles. The second-order valence-electron chi connectivity index (χ2n) is 9.10. The lowest BCUT2D eigenvalue weighted by Gasteiger charge is -2.43. The van der Waals surface area contributed by atoms with E-state index in [0.29, 0.717) is 0 Å². The van der Waals surface area contributed by atoms with Gasteiger partial charge in [-0.05, 0) is 49.9 Å². The summed E-state index contributed by atoms with van der Waals surface area (Å²) in [7, 11) is -7.73. The van der Waals surface area contributed by atoms with Crippen LogP contribution in [-0.2, 0) is 24.4 Å². The Morgan fingerprint density at radius 1 is 1.00 bits per heavy atom.